The van der Waals surface area contributed by atoms with Crippen molar-refractivity contribution in [2.24, 2.45) is 0 Å². The molecule has 1 atom stereocenters. The van der Waals surface area contributed by atoms with Gasteiger partial charge in [-0.05, 0) is 30.7 Å². The van der Waals surface area contributed by atoms with E-state index in [4.69, 9.17) is 0 Å². The first kappa shape index (κ1) is 18.1. The first-order chi connectivity index (χ1) is 12.7. The summed E-state index contributed by atoms with van der Waals surface area (Å²) in [7, 11) is 0. The summed E-state index contributed by atoms with van der Waals surface area (Å²) < 4.78 is 0. The Bertz CT molecular complexity index is 966. The summed E-state index contributed by atoms with van der Waals surface area (Å²) in [6, 6.07) is 9.39. The second-order valence-electron chi connectivity index (χ2n) is 6.33. The number of phenols is 1. The molecule has 0 bridgehead atoms. The van der Waals surface area contributed by atoms with Gasteiger partial charge in [0.05, 0.1) is 16.1 Å². The normalized spacial score (nSPS) is 15.4. The number of rotatable bonds is 5. The van der Waals surface area contributed by atoms with Crippen molar-refractivity contribution in [3.05, 3.63) is 69.3 Å². The molecule has 138 valence electrons. The van der Waals surface area contributed by atoms with Crippen LogP contribution in [0.3, 0.4) is 0 Å². The first-order valence-electron chi connectivity index (χ1n) is 7.84. The van der Waals surface area contributed by atoms with Gasteiger partial charge in [-0.1, -0.05) is 18.2 Å². The molecule has 0 radical (unpaired) electrons. The van der Waals surface area contributed by atoms with Crippen LogP contribution in [-0.2, 0) is 11.2 Å². The van der Waals surface area contributed by atoms with Gasteiger partial charge in [0.2, 0.25) is 0 Å². The van der Waals surface area contributed by atoms with E-state index in [0.29, 0.717) is 4.90 Å². The Labute approximate surface area is 152 Å². The summed E-state index contributed by atoms with van der Waals surface area (Å²) in [6.45, 7) is 1.20. The van der Waals surface area contributed by atoms with E-state index in [1.807, 2.05) is 0 Å². The van der Waals surface area contributed by atoms with Crippen LogP contribution in [0.2, 0.25) is 0 Å². The van der Waals surface area contributed by atoms with Crippen molar-refractivity contribution >= 4 is 23.5 Å². The van der Waals surface area contributed by atoms with Crippen molar-refractivity contribution in [1.82, 2.24) is 4.90 Å². The third-order valence-electron chi connectivity index (χ3n) is 4.53. The lowest BCUT2D eigenvalue weighted by Crippen LogP contribution is -2.56. The van der Waals surface area contributed by atoms with Gasteiger partial charge in [-0.3, -0.25) is 24.6 Å². The van der Waals surface area contributed by atoms with E-state index >= 15 is 0 Å². The number of aliphatic carboxylic acids is 1. The van der Waals surface area contributed by atoms with Crippen LogP contribution in [0, 0.1) is 10.1 Å². The van der Waals surface area contributed by atoms with Gasteiger partial charge in [-0.25, -0.2) is 4.79 Å². The molecular weight excluding hydrogens is 356 g/mol. The Morgan fingerprint density at radius 1 is 1.15 bits per heavy atom. The van der Waals surface area contributed by atoms with Crippen molar-refractivity contribution in [2.75, 3.05) is 0 Å². The lowest BCUT2D eigenvalue weighted by molar-refractivity contribution is -0.385. The highest BCUT2D eigenvalue weighted by Crippen LogP contribution is 2.34. The van der Waals surface area contributed by atoms with E-state index < -0.39 is 39.7 Å². The van der Waals surface area contributed by atoms with E-state index in [9.17, 15) is 34.7 Å². The summed E-state index contributed by atoms with van der Waals surface area (Å²) in [6.07, 6.45) is -0.366. The van der Waals surface area contributed by atoms with Crippen LogP contribution in [0.15, 0.2) is 42.5 Å². The lowest BCUT2D eigenvalue weighted by Gasteiger charge is -2.33. The van der Waals surface area contributed by atoms with Gasteiger partial charge in [0.15, 0.2) is 5.75 Å². The number of amides is 2. The zero-order valence-corrected chi connectivity index (χ0v) is 14.1. The maximum Gasteiger partial charge on any atom is 0.330 e. The molecule has 9 nitrogen and oxygen atoms in total. The second kappa shape index (κ2) is 6.20. The Balaban J connectivity index is 2.05. The van der Waals surface area contributed by atoms with Crippen molar-refractivity contribution in [3.63, 3.8) is 0 Å². The van der Waals surface area contributed by atoms with E-state index in [-0.39, 0.29) is 23.1 Å². The third kappa shape index (κ3) is 2.78. The van der Waals surface area contributed by atoms with Crippen molar-refractivity contribution < 1.29 is 29.5 Å². The number of carboxylic acid groups (broad SMARTS) is 1. The maximum atomic E-state index is 12.7. The molecule has 0 aliphatic carbocycles. The minimum atomic E-state index is -1.97. The van der Waals surface area contributed by atoms with E-state index in [1.54, 1.807) is 12.1 Å². The molecule has 2 aromatic rings. The molecule has 0 saturated carbocycles. The number of carbonyl (C=O) groups is 3. The van der Waals surface area contributed by atoms with Crippen molar-refractivity contribution in [3.8, 4) is 5.75 Å². The monoisotopic (exact) mass is 370 g/mol. The Morgan fingerprint density at radius 2 is 1.70 bits per heavy atom. The molecule has 1 aliphatic rings. The number of fused-ring (bicyclic) bond motifs is 1. The average Bonchev–Trinajstić information content (AvgIpc) is 2.88. The smallest absolute Gasteiger partial charge is 0.330 e. The van der Waals surface area contributed by atoms with Gasteiger partial charge in [0, 0.05) is 12.5 Å². The molecule has 2 aromatic carbocycles. The predicted molar refractivity (Wildman–Crippen MR) is 91.4 cm³/mol. The Morgan fingerprint density at radius 3 is 2.19 bits per heavy atom. The number of nitro groups is 1. The van der Waals surface area contributed by atoms with Gasteiger partial charge in [0.1, 0.15) is 5.54 Å². The van der Waals surface area contributed by atoms with Gasteiger partial charge in [0.25, 0.3) is 11.8 Å². The molecular formula is C18H14N2O7. The number of phenolic OH excluding ortho intramolecular Hbond substituents is 1. The molecule has 3 rings (SSSR count). The number of imide groups is 1. The quantitative estimate of drug-likeness (QED) is 0.466. The van der Waals surface area contributed by atoms with E-state index in [1.165, 1.54) is 25.1 Å². The fourth-order valence-corrected chi connectivity index (χ4v) is 3.11. The highest BCUT2D eigenvalue weighted by molar-refractivity contribution is 6.23. The van der Waals surface area contributed by atoms with Gasteiger partial charge < -0.3 is 10.2 Å². The molecule has 0 saturated heterocycles. The van der Waals surface area contributed by atoms with Crippen LogP contribution in [0.25, 0.3) is 0 Å². The van der Waals surface area contributed by atoms with Gasteiger partial charge in [-0.2, -0.15) is 0 Å². The number of carbonyl (C=O) groups excluding carboxylic acids is 2. The zero-order chi connectivity index (χ0) is 19.9. The summed E-state index contributed by atoms with van der Waals surface area (Å²) >= 11 is 0. The number of hydrogen-bond donors (Lipinski definition) is 2. The topological polar surface area (TPSA) is 138 Å². The summed E-state index contributed by atoms with van der Waals surface area (Å²) in [4.78, 5) is 48.2. The summed E-state index contributed by atoms with van der Waals surface area (Å²) in [5, 5.41) is 30.3. The molecule has 9 heteroatoms. The summed E-state index contributed by atoms with van der Waals surface area (Å²) in [5.41, 5.74) is -2.18. The SMILES string of the molecule is C[C@](Cc1ccc(O)c([N+](=O)[O-])c1)(C(=O)O)N1C(=O)c2ccccc2C1=O. The summed E-state index contributed by atoms with van der Waals surface area (Å²) in [5.74, 6) is -3.49. The van der Waals surface area contributed by atoms with Gasteiger partial charge in [-0.15, -0.1) is 0 Å². The Kier molecular flexibility index (Phi) is 4.15. The fourth-order valence-electron chi connectivity index (χ4n) is 3.11. The lowest BCUT2D eigenvalue weighted by atomic mass is 9.90. The highest BCUT2D eigenvalue weighted by Gasteiger charge is 2.51. The number of hydrogen-bond acceptors (Lipinski definition) is 6. The average molecular weight is 370 g/mol. The van der Waals surface area contributed by atoms with Crippen LogP contribution in [-0.4, -0.2) is 43.4 Å². The highest BCUT2D eigenvalue weighted by atomic mass is 16.6. The zero-order valence-electron chi connectivity index (χ0n) is 14.1. The number of benzene rings is 2. The van der Waals surface area contributed by atoms with E-state index in [2.05, 4.69) is 0 Å². The standard InChI is InChI=1S/C18H14N2O7/c1-18(17(24)25,9-10-6-7-14(21)13(8-10)20(26)27)19-15(22)11-4-2-3-5-12(11)16(19)23/h2-8,21H,9H2,1H3,(H,24,25)/t18-/m0/s1. The van der Waals surface area contributed by atoms with Crippen LogP contribution in [0.1, 0.15) is 33.2 Å². The molecule has 27 heavy (non-hydrogen) atoms. The second-order valence-corrected chi connectivity index (χ2v) is 6.33. The minimum Gasteiger partial charge on any atom is -0.502 e. The number of nitro benzene ring substituents is 1. The molecule has 2 amide bonds. The number of aromatic hydroxyl groups is 1. The van der Waals surface area contributed by atoms with Crippen LogP contribution >= 0.6 is 0 Å². The van der Waals surface area contributed by atoms with Crippen molar-refractivity contribution in [2.45, 2.75) is 18.9 Å². The molecule has 0 aromatic heterocycles. The van der Waals surface area contributed by atoms with E-state index in [0.717, 1.165) is 12.1 Å². The largest absolute Gasteiger partial charge is 0.502 e. The van der Waals surface area contributed by atoms with Crippen LogP contribution in [0.5, 0.6) is 5.75 Å². The molecule has 0 fully saturated rings. The molecule has 1 aliphatic heterocycles. The van der Waals surface area contributed by atoms with Crippen molar-refractivity contribution in [1.29, 1.82) is 0 Å². The van der Waals surface area contributed by atoms with Crippen LogP contribution < -0.4 is 0 Å². The number of nitrogens with zero attached hydrogens (tertiary/aromatic N) is 2. The maximum absolute atomic E-state index is 12.7. The van der Waals surface area contributed by atoms with Crippen LogP contribution in [0.4, 0.5) is 5.69 Å². The fraction of sp³-hybridized carbons (Fsp3) is 0.167. The molecule has 1 heterocycles. The molecule has 0 unspecified atom stereocenters. The number of carboxylic acids is 1. The Hall–Kier alpha value is -3.75. The van der Waals surface area contributed by atoms with Gasteiger partial charge >= 0.3 is 11.7 Å². The molecule has 0 spiro atoms. The predicted octanol–water partition coefficient (Wildman–Crippen LogP) is 1.98. The first-order valence-corrected chi connectivity index (χ1v) is 7.84. The molecule has 2 N–H and O–H groups in total. The minimum absolute atomic E-state index is 0.103. The third-order valence-corrected chi connectivity index (χ3v) is 4.53.